The van der Waals surface area contributed by atoms with Crippen LogP contribution in [-0.4, -0.2) is 26.4 Å². The van der Waals surface area contributed by atoms with Gasteiger partial charge < -0.3 is 5.32 Å². The Hall–Kier alpha value is -1.73. The molecule has 0 bridgehead atoms. The van der Waals surface area contributed by atoms with Crippen molar-refractivity contribution < 1.29 is 4.79 Å². The van der Waals surface area contributed by atoms with E-state index in [-0.39, 0.29) is 23.4 Å². The molecule has 1 atom stereocenters. The Morgan fingerprint density at radius 2 is 2.13 bits per heavy atom. The third-order valence-corrected chi connectivity index (χ3v) is 4.48. The van der Waals surface area contributed by atoms with Gasteiger partial charge in [-0.2, -0.15) is 0 Å². The molecule has 2 aromatic rings. The Morgan fingerprint density at radius 3 is 2.78 bits per heavy atom. The maximum absolute atomic E-state index is 12.1. The van der Waals surface area contributed by atoms with E-state index < -0.39 is 0 Å². The van der Waals surface area contributed by atoms with E-state index >= 15 is 0 Å². The minimum Gasteiger partial charge on any atom is -0.349 e. The summed E-state index contributed by atoms with van der Waals surface area (Å²) in [5.41, 5.74) is 0.736. The molecule has 2 N–H and O–H groups in total. The largest absolute Gasteiger partial charge is 0.349 e. The summed E-state index contributed by atoms with van der Waals surface area (Å²) < 4.78 is 1.54. The highest BCUT2D eigenvalue weighted by atomic mass is 35.5. The molecule has 0 aliphatic heterocycles. The first-order chi connectivity index (χ1) is 11.0. The Balaban J connectivity index is 1.90. The van der Waals surface area contributed by atoms with Crippen LogP contribution in [-0.2, 0) is 11.3 Å². The fourth-order valence-electron chi connectivity index (χ4n) is 2.08. The molecule has 0 saturated carbocycles. The van der Waals surface area contributed by atoms with E-state index in [9.17, 15) is 9.59 Å². The maximum atomic E-state index is 12.1. The molecular weight excluding hydrogens is 336 g/mol. The van der Waals surface area contributed by atoms with Crippen molar-refractivity contribution in [1.82, 2.24) is 20.1 Å². The Kier molecular flexibility index (Phi) is 6.29. The summed E-state index contributed by atoms with van der Waals surface area (Å²) in [6, 6.07) is 7.24. The quantitative estimate of drug-likeness (QED) is 0.749. The first-order valence-corrected chi connectivity index (χ1v) is 8.70. The van der Waals surface area contributed by atoms with Crippen molar-refractivity contribution in [3.05, 3.63) is 45.3 Å². The molecule has 0 aliphatic rings. The summed E-state index contributed by atoms with van der Waals surface area (Å²) in [5, 5.41) is 10.5. The third kappa shape index (κ3) is 4.87. The lowest BCUT2D eigenvalue weighted by Gasteiger charge is -2.14. The van der Waals surface area contributed by atoms with Gasteiger partial charge in [-0.3, -0.25) is 9.36 Å². The molecule has 1 amide bonds. The third-order valence-electron chi connectivity index (χ3n) is 3.25. The summed E-state index contributed by atoms with van der Waals surface area (Å²) in [6.45, 7) is 4.47. The van der Waals surface area contributed by atoms with Gasteiger partial charge in [-0.15, -0.1) is 5.10 Å². The number of halogens is 1. The molecule has 0 radical (unpaired) electrons. The SMILES string of the molecule is CCCn1c(SCC(=O)N[C@@H](C)c2ccc(Cl)cc2)n[nH]c1=O. The number of hydrogen-bond acceptors (Lipinski definition) is 4. The molecular formula is C15H19ClN4O2S. The van der Waals surface area contributed by atoms with Gasteiger partial charge in [0, 0.05) is 11.6 Å². The van der Waals surface area contributed by atoms with Gasteiger partial charge in [-0.25, -0.2) is 9.89 Å². The molecule has 0 spiro atoms. The van der Waals surface area contributed by atoms with E-state index in [1.165, 1.54) is 11.8 Å². The first kappa shape index (κ1) is 17.6. The van der Waals surface area contributed by atoms with Crippen molar-refractivity contribution in [1.29, 1.82) is 0 Å². The van der Waals surface area contributed by atoms with Crippen LogP contribution in [0.15, 0.2) is 34.2 Å². The van der Waals surface area contributed by atoms with Crippen LogP contribution in [0.25, 0.3) is 0 Å². The number of nitrogens with one attached hydrogen (secondary N) is 2. The summed E-state index contributed by atoms with van der Waals surface area (Å²) >= 11 is 7.10. The molecule has 8 heteroatoms. The average Bonchev–Trinajstić information content (AvgIpc) is 2.87. The molecule has 1 aromatic carbocycles. The van der Waals surface area contributed by atoms with E-state index in [1.807, 2.05) is 26.0 Å². The number of rotatable bonds is 7. The van der Waals surface area contributed by atoms with Gasteiger partial charge in [-0.1, -0.05) is 42.4 Å². The van der Waals surface area contributed by atoms with Crippen LogP contribution in [0.1, 0.15) is 31.9 Å². The number of carbonyl (C=O) groups excluding carboxylic acids is 1. The molecule has 6 nitrogen and oxygen atoms in total. The first-order valence-electron chi connectivity index (χ1n) is 7.34. The molecule has 1 heterocycles. The van der Waals surface area contributed by atoms with Crippen LogP contribution in [0.3, 0.4) is 0 Å². The number of aromatic nitrogens is 3. The molecule has 0 unspecified atom stereocenters. The molecule has 0 aliphatic carbocycles. The lowest BCUT2D eigenvalue weighted by molar-refractivity contribution is -0.119. The van der Waals surface area contributed by atoms with Gasteiger partial charge in [0.05, 0.1) is 11.8 Å². The Morgan fingerprint density at radius 1 is 1.43 bits per heavy atom. The smallest absolute Gasteiger partial charge is 0.343 e. The fraction of sp³-hybridized carbons (Fsp3) is 0.400. The van der Waals surface area contributed by atoms with E-state index in [0.717, 1.165) is 12.0 Å². The van der Waals surface area contributed by atoms with Gasteiger partial charge >= 0.3 is 5.69 Å². The maximum Gasteiger partial charge on any atom is 0.343 e. The second-order valence-corrected chi connectivity index (χ2v) is 6.47. The summed E-state index contributed by atoms with van der Waals surface area (Å²) in [6.07, 6.45) is 0.826. The van der Waals surface area contributed by atoms with Crippen LogP contribution in [0.2, 0.25) is 5.02 Å². The topological polar surface area (TPSA) is 79.8 Å². The van der Waals surface area contributed by atoms with Crippen molar-refractivity contribution in [2.24, 2.45) is 0 Å². The lowest BCUT2D eigenvalue weighted by Crippen LogP contribution is -2.28. The van der Waals surface area contributed by atoms with Crippen molar-refractivity contribution in [3.8, 4) is 0 Å². The zero-order chi connectivity index (χ0) is 16.8. The predicted octanol–water partition coefficient (Wildman–Crippen LogP) is 2.60. The normalized spacial score (nSPS) is 12.1. The molecule has 23 heavy (non-hydrogen) atoms. The van der Waals surface area contributed by atoms with Crippen LogP contribution in [0.4, 0.5) is 0 Å². The number of H-pyrrole nitrogens is 1. The van der Waals surface area contributed by atoms with Gasteiger partial charge in [0.25, 0.3) is 0 Å². The molecule has 0 saturated heterocycles. The molecule has 124 valence electrons. The minimum absolute atomic E-state index is 0.114. The monoisotopic (exact) mass is 354 g/mol. The zero-order valence-corrected chi connectivity index (χ0v) is 14.6. The summed E-state index contributed by atoms with van der Waals surface area (Å²) in [7, 11) is 0. The number of carbonyl (C=O) groups is 1. The second-order valence-electron chi connectivity index (χ2n) is 5.09. The van der Waals surface area contributed by atoms with Crippen molar-refractivity contribution in [2.75, 3.05) is 5.75 Å². The lowest BCUT2D eigenvalue weighted by atomic mass is 10.1. The van der Waals surface area contributed by atoms with Crippen LogP contribution < -0.4 is 11.0 Å². The Labute approximate surface area is 143 Å². The van der Waals surface area contributed by atoms with E-state index in [1.54, 1.807) is 16.7 Å². The van der Waals surface area contributed by atoms with Crippen molar-refractivity contribution in [3.63, 3.8) is 0 Å². The van der Waals surface area contributed by atoms with Crippen molar-refractivity contribution in [2.45, 2.75) is 38.0 Å². The number of benzene rings is 1. The molecule has 2 rings (SSSR count). The van der Waals surface area contributed by atoms with Gasteiger partial charge in [-0.05, 0) is 31.0 Å². The van der Waals surface area contributed by atoms with Gasteiger partial charge in [0.2, 0.25) is 5.91 Å². The van der Waals surface area contributed by atoms with Crippen LogP contribution in [0.5, 0.6) is 0 Å². The molecule has 0 fully saturated rings. The predicted molar refractivity (Wildman–Crippen MR) is 91.9 cm³/mol. The highest BCUT2D eigenvalue weighted by Crippen LogP contribution is 2.17. The number of hydrogen-bond donors (Lipinski definition) is 2. The van der Waals surface area contributed by atoms with E-state index in [2.05, 4.69) is 15.5 Å². The highest BCUT2D eigenvalue weighted by molar-refractivity contribution is 7.99. The number of nitrogens with zero attached hydrogens (tertiary/aromatic N) is 2. The van der Waals surface area contributed by atoms with Crippen molar-refractivity contribution >= 4 is 29.3 Å². The minimum atomic E-state index is -0.246. The standard InChI is InChI=1S/C15H19ClN4O2S/c1-3-8-20-14(22)18-19-15(20)23-9-13(21)17-10(2)11-4-6-12(16)7-5-11/h4-7,10H,3,8-9H2,1-2H3,(H,17,21)(H,18,22)/t10-/m0/s1. The van der Waals surface area contributed by atoms with Gasteiger partial charge in [0.1, 0.15) is 0 Å². The number of thioether (sulfide) groups is 1. The molecule has 1 aromatic heterocycles. The van der Waals surface area contributed by atoms with Crippen LogP contribution >= 0.6 is 23.4 Å². The Bertz CT molecular complexity index is 711. The highest BCUT2D eigenvalue weighted by Gasteiger charge is 2.13. The van der Waals surface area contributed by atoms with Gasteiger partial charge in [0.15, 0.2) is 5.16 Å². The second kappa shape index (κ2) is 8.21. The average molecular weight is 355 g/mol. The van der Waals surface area contributed by atoms with Crippen LogP contribution in [0, 0.1) is 0 Å². The summed E-state index contributed by atoms with van der Waals surface area (Å²) in [4.78, 5) is 23.6. The fourth-order valence-corrected chi connectivity index (χ4v) is 2.99. The zero-order valence-electron chi connectivity index (χ0n) is 13.0. The van der Waals surface area contributed by atoms with E-state index in [0.29, 0.717) is 16.7 Å². The number of aromatic amines is 1. The van der Waals surface area contributed by atoms with E-state index in [4.69, 9.17) is 11.6 Å². The number of amides is 1. The summed E-state index contributed by atoms with van der Waals surface area (Å²) in [5.74, 6) is 0.0855.